The summed E-state index contributed by atoms with van der Waals surface area (Å²) in [6, 6.07) is 9.83. The first-order chi connectivity index (χ1) is 10.0. The minimum atomic E-state index is -0.835. The number of ether oxygens (including phenoxy) is 1. The Balaban J connectivity index is 2.53. The normalized spacial score (nSPS) is 9.95. The van der Waals surface area contributed by atoms with Gasteiger partial charge in [0, 0.05) is 16.7 Å². The first kappa shape index (κ1) is 14.2. The van der Waals surface area contributed by atoms with Gasteiger partial charge in [0.05, 0.1) is 7.11 Å². The van der Waals surface area contributed by atoms with Crippen molar-refractivity contribution in [1.82, 2.24) is 4.98 Å². The van der Waals surface area contributed by atoms with E-state index in [9.17, 15) is 20.2 Å². The molecule has 0 spiro atoms. The lowest BCUT2D eigenvalue weighted by molar-refractivity contribution is -0.403. The summed E-state index contributed by atoms with van der Waals surface area (Å²) in [6.45, 7) is 0. The summed E-state index contributed by atoms with van der Waals surface area (Å²) in [4.78, 5) is 23.7. The van der Waals surface area contributed by atoms with Crippen molar-refractivity contribution in [3.05, 3.63) is 56.6 Å². The van der Waals surface area contributed by atoms with Crippen molar-refractivity contribution in [3.8, 4) is 5.75 Å². The summed E-state index contributed by atoms with van der Waals surface area (Å²) in [7, 11) is 1.22. The monoisotopic (exact) mass is 290 g/mol. The van der Waals surface area contributed by atoms with Gasteiger partial charge in [-0.25, -0.2) is 0 Å². The summed E-state index contributed by atoms with van der Waals surface area (Å²) in [5.74, 6) is -1.52. The van der Waals surface area contributed by atoms with E-state index in [0.29, 0.717) is 5.69 Å². The molecule has 2 aromatic rings. The number of benzene rings is 1. The summed E-state index contributed by atoms with van der Waals surface area (Å²) in [5.41, 5.74) is 0.590. The fourth-order valence-corrected chi connectivity index (χ4v) is 1.66. The van der Waals surface area contributed by atoms with Gasteiger partial charge in [0.2, 0.25) is 5.75 Å². The van der Waals surface area contributed by atoms with Crippen LogP contribution in [0.25, 0.3) is 0 Å². The summed E-state index contributed by atoms with van der Waals surface area (Å²) in [6.07, 6.45) is 0. The average molecular weight is 290 g/mol. The Kier molecular flexibility index (Phi) is 3.93. The minimum absolute atomic E-state index is 0.00801. The minimum Gasteiger partial charge on any atom is -0.489 e. The number of methoxy groups -OCH3 is 1. The molecule has 0 bridgehead atoms. The molecule has 1 N–H and O–H groups in total. The van der Waals surface area contributed by atoms with Crippen LogP contribution in [0, 0.1) is 20.2 Å². The summed E-state index contributed by atoms with van der Waals surface area (Å²) in [5, 5.41) is 24.7. The third-order valence-corrected chi connectivity index (χ3v) is 2.57. The lowest BCUT2D eigenvalue weighted by Crippen LogP contribution is -2.04. The molecule has 0 radical (unpaired) electrons. The van der Waals surface area contributed by atoms with Crippen molar-refractivity contribution in [1.29, 1.82) is 0 Å². The van der Waals surface area contributed by atoms with Crippen LogP contribution < -0.4 is 10.1 Å². The molecule has 0 atom stereocenters. The average Bonchev–Trinajstić information content (AvgIpc) is 2.47. The summed E-state index contributed by atoms with van der Waals surface area (Å²) < 4.78 is 4.85. The zero-order valence-corrected chi connectivity index (χ0v) is 10.8. The molecular weight excluding hydrogens is 280 g/mol. The van der Waals surface area contributed by atoms with Crippen molar-refractivity contribution in [2.75, 3.05) is 12.4 Å². The predicted octanol–water partition coefficient (Wildman–Crippen LogP) is 2.65. The Labute approximate surface area is 118 Å². The second kappa shape index (κ2) is 5.82. The van der Waals surface area contributed by atoms with Crippen LogP contribution in [-0.2, 0) is 0 Å². The summed E-state index contributed by atoms with van der Waals surface area (Å²) >= 11 is 0. The standard InChI is InChI=1S/C12H10N4O5/c1-21-10-7-9(13-8-5-3-2-4-6-8)11(15(17)18)14-12(10)16(19)20/h2-7,13H,1H3. The first-order valence-corrected chi connectivity index (χ1v) is 5.73. The number of hydrogen-bond donors (Lipinski definition) is 1. The van der Waals surface area contributed by atoms with Gasteiger partial charge in [-0.05, 0) is 22.0 Å². The van der Waals surface area contributed by atoms with E-state index in [1.165, 1.54) is 13.2 Å². The van der Waals surface area contributed by atoms with Gasteiger partial charge in [-0.3, -0.25) is 0 Å². The van der Waals surface area contributed by atoms with Gasteiger partial charge in [-0.15, -0.1) is 0 Å². The number of nitro groups is 2. The topological polar surface area (TPSA) is 120 Å². The second-order valence-corrected chi connectivity index (χ2v) is 3.89. The maximum atomic E-state index is 11.0. The Bertz CT molecular complexity index is 690. The maximum absolute atomic E-state index is 11.0. The number of pyridine rings is 1. The fraction of sp³-hybridized carbons (Fsp3) is 0.0833. The van der Waals surface area contributed by atoms with E-state index in [2.05, 4.69) is 10.3 Å². The molecule has 0 fully saturated rings. The highest BCUT2D eigenvalue weighted by atomic mass is 16.6. The maximum Gasteiger partial charge on any atom is 0.410 e. The van der Waals surface area contributed by atoms with E-state index in [-0.39, 0.29) is 11.4 Å². The molecule has 0 saturated heterocycles. The Morgan fingerprint density at radius 2 is 1.71 bits per heavy atom. The van der Waals surface area contributed by atoms with Crippen LogP contribution >= 0.6 is 0 Å². The lowest BCUT2D eigenvalue weighted by Gasteiger charge is -2.09. The van der Waals surface area contributed by atoms with E-state index in [1.54, 1.807) is 30.3 Å². The Morgan fingerprint density at radius 3 is 2.24 bits per heavy atom. The first-order valence-electron chi connectivity index (χ1n) is 5.73. The van der Waals surface area contributed by atoms with Crippen LogP contribution in [0.3, 0.4) is 0 Å². The lowest BCUT2D eigenvalue weighted by atomic mass is 10.3. The molecule has 1 heterocycles. The van der Waals surface area contributed by atoms with Crippen molar-refractivity contribution in [2.45, 2.75) is 0 Å². The molecule has 108 valence electrons. The molecule has 1 aromatic heterocycles. The van der Waals surface area contributed by atoms with E-state index in [4.69, 9.17) is 4.74 Å². The molecule has 9 nitrogen and oxygen atoms in total. The van der Waals surface area contributed by atoms with Crippen LogP contribution in [0.5, 0.6) is 5.75 Å². The van der Waals surface area contributed by atoms with Crippen LogP contribution in [0.4, 0.5) is 23.0 Å². The van der Waals surface area contributed by atoms with Gasteiger partial charge in [0.1, 0.15) is 5.69 Å². The quantitative estimate of drug-likeness (QED) is 0.663. The highest BCUT2D eigenvalue weighted by molar-refractivity contribution is 5.70. The predicted molar refractivity (Wildman–Crippen MR) is 73.8 cm³/mol. The molecule has 0 saturated carbocycles. The number of hydrogen-bond acceptors (Lipinski definition) is 7. The van der Waals surface area contributed by atoms with Crippen LogP contribution in [0.2, 0.25) is 0 Å². The molecule has 1 aromatic carbocycles. The highest BCUT2D eigenvalue weighted by Crippen LogP contribution is 2.35. The largest absolute Gasteiger partial charge is 0.489 e. The SMILES string of the molecule is COc1cc(Nc2ccccc2)c([N+](=O)[O-])nc1[N+](=O)[O-]. The third kappa shape index (κ3) is 3.03. The second-order valence-electron chi connectivity index (χ2n) is 3.89. The van der Waals surface area contributed by atoms with Gasteiger partial charge >= 0.3 is 11.6 Å². The van der Waals surface area contributed by atoms with E-state index >= 15 is 0 Å². The number of anilines is 2. The van der Waals surface area contributed by atoms with Crippen LogP contribution in [0.1, 0.15) is 0 Å². The van der Waals surface area contributed by atoms with Crippen molar-refractivity contribution < 1.29 is 14.6 Å². The highest BCUT2D eigenvalue weighted by Gasteiger charge is 2.26. The van der Waals surface area contributed by atoms with Crippen molar-refractivity contribution >= 4 is 23.0 Å². The Hall–Kier alpha value is -3.23. The number of nitrogens with zero attached hydrogens (tertiary/aromatic N) is 3. The van der Waals surface area contributed by atoms with E-state index < -0.39 is 21.5 Å². The van der Waals surface area contributed by atoms with Gasteiger partial charge in [0.25, 0.3) is 0 Å². The molecule has 0 amide bonds. The third-order valence-electron chi connectivity index (χ3n) is 2.57. The van der Waals surface area contributed by atoms with E-state index in [1.807, 2.05) is 0 Å². The van der Waals surface area contributed by atoms with Gasteiger partial charge in [-0.1, -0.05) is 18.2 Å². The molecule has 0 aliphatic rings. The molecule has 0 unspecified atom stereocenters. The number of rotatable bonds is 5. The van der Waals surface area contributed by atoms with Gasteiger partial charge < -0.3 is 30.3 Å². The Morgan fingerprint density at radius 1 is 1.10 bits per heavy atom. The van der Waals surface area contributed by atoms with E-state index in [0.717, 1.165) is 0 Å². The van der Waals surface area contributed by atoms with Crippen LogP contribution in [0.15, 0.2) is 36.4 Å². The molecule has 0 aliphatic carbocycles. The molecular formula is C12H10N4O5. The van der Waals surface area contributed by atoms with Crippen molar-refractivity contribution in [2.24, 2.45) is 0 Å². The molecule has 9 heteroatoms. The molecule has 2 rings (SSSR count). The van der Waals surface area contributed by atoms with Gasteiger partial charge in [-0.2, -0.15) is 0 Å². The zero-order valence-electron chi connectivity index (χ0n) is 10.8. The van der Waals surface area contributed by atoms with Crippen LogP contribution in [-0.4, -0.2) is 21.9 Å². The van der Waals surface area contributed by atoms with Crippen molar-refractivity contribution in [3.63, 3.8) is 0 Å². The number of para-hydroxylation sites is 1. The number of aromatic nitrogens is 1. The fourth-order valence-electron chi connectivity index (χ4n) is 1.66. The zero-order chi connectivity index (χ0) is 15.4. The van der Waals surface area contributed by atoms with Gasteiger partial charge in [0.15, 0.2) is 0 Å². The number of nitrogens with one attached hydrogen (secondary N) is 1. The molecule has 0 aliphatic heterocycles. The molecule has 21 heavy (non-hydrogen) atoms. The smallest absolute Gasteiger partial charge is 0.410 e.